The predicted molar refractivity (Wildman–Crippen MR) is 69.3 cm³/mol. The van der Waals surface area contributed by atoms with E-state index >= 15 is 0 Å². The predicted octanol–water partition coefficient (Wildman–Crippen LogP) is 2.69. The Morgan fingerprint density at radius 1 is 1.24 bits per heavy atom. The second kappa shape index (κ2) is 7.43. The van der Waals surface area contributed by atoms with E-state index in [9.17, 15) is 21.6 Å². The maximum atomic E-state index is 11.9. The third-order valence-electron chi connectivity index (χ3n) is 2.57. The number of ether oxygens (including phenoxy) is 1. The van der Waals surface area contributed by atoms with Gasteiger partial charge in [-0.15, -0.1) is 0 Å². The molecule has 0 unspecified atom stereocenters. The van der Waals surface area contributed by atoms with E-state index in [1.807, 2.05) is 6.07 Å². The normalized spacial score (nSPS) is 12.1. The highest BCUT2D eigenvalue weighted by atomic mass is 32.2. The molecule has 0 fully saturated rings. The summed E-state index contributed by atoms with van der Waals surface area (Å²) < 4.78 is 64.4. The second-order valence-electron chi connectivity index (χ2n) is 4.29. The van der Waals surface area contributed by atoms with Crippen molar-refractivity contribution in [2.24, 2.45) is 0 Å². The fourth-order valence-corrected chi connectivity index (χ4v) is 2.69. The molecule has 0 aliphatic heterocycles. The lowest BCUT2D eigenvalue weighted by molar-refractivity contribution is -0.137. The monoisotopic (exact) mass is 321 g/mol. The number of rotatable bonds is 7. The molecule has 0 N–H and O–H groups in total. The van der Waals surface area contributed by atoms with E-state index in [1.54, 1.807) is 0 Å². The number of benzene rings is 1. The lowest BCUT2D eigenvalue weighted by Crippen LogP contribution is -2.14. The average Bonchev–Trinajstić information content (AvgIpc) is 2.41. The van der Waals surface area contributed by atoms with Gasteiger partial charge >= 0.3 is 6.18 Å². The average molecular weight is 321 g/mol. The van der Waals surface area contributed by atoms with Crippen LogP contribution in [0.1, 0.15) is 18.4 Å². The highest BCUT2D eigenvalue weighted by molar-refractivity contribution is 7.91. The molecule has 0 amide bonds. The number of hydrogen-bond donors (Lipinski definition) is 0. The van der Waals surface area contributed by atoms with Gasteiger partial charge in [0.25, 0.3) is 0 Å². The molecule has 4 nitrogen and oxygen atoms in total. The van der Waals surface area contributed by atoms with Crippen LogP contribution in [0.3, 0.4) is 0 Å². The number of alkyl halides is 3. The summed E-state index contributed by atoms with van der Waals surface area (Å²) in [5, 5.41) is 8.71. The summed E-state index contributed by atoms with van der Waals surface area (Å²) in [5.74, 6) is -0.339. The zero-order valence-corrected chi connectivity index (χ0v) is 11.9. The van der Waals surface area contributed by atoms with E-state index in [4.69, 9.17) is 10.00 Å². The van der Waals surface area contributed by atoms with E-state index in [0.29, 0.717) is 0 Å². The van der Waals surface area contributed by atoms with E-state index in [1.165, 1.54) is 24.3 Å². The van der Waals surface area contributed by atoms with Gasteiger partial charge in [0.15, 0.2) is 9.84 Å². The first-order chi connectivity index (χ1) is 9.74. The molecule has 21 heavy (non-hydrogen) atoms. The lowest BCUT2D eigenvalue weighted by atomic mass is 10.2. The van der Waals surface area contributed by atoms with Crippen molar-refractivity contribution in [2.45, 2.75) is 23.9 Å². The molecule has 0 radical (unpaired) electrons. The first kappa shape index (κ1) is 17.5. The van der Waals surface area contributed by atoms with E-state index in [2.05, 4.69) is 0 Å². The molecule has 116 valence electrons. The topological polar surface area (TPSA) is 67.2 Å². The van der Waals surface area contributed by atoms with Crippen LogP contribution in [0.4, 0.5) is 13.2 Å². The minimum absolute atomic E-state index is 0.000409. The lowest BCUT2D eigenvalue weighted by Gasteiger charge is -2.08. The molecule has 0 aromatic heterocycles. The highest BCUT2D eigenvalue weighted by Crippen LogP contribution is 2.21. The Morgan fingerprint density at radius 2 is 1.95 bits per heavy atom. The summed E-state index contributed by atoms with van der Waals surface area (Å²) in [6.07, 6.45) is -5.38. The van der Waals surface area contributed by atoms with Crippen LogP contribution in [0.5, 0.6) is 0 Å². The van der Waals surface area contributed by atoms with Crippen LogP contribution in [-0.4, -0.2) is 33.6 Å². The van der Waals surface area contributed by atoms with E-state index < -0.39 is 22.4 Å². The van der Waals surface area contributed by atoms with Crippen LogP contribution in [0.25, 0.3) is 0 Å². The van der Waals surface area contributed by atoms with Crippen LogP contribution >= 0.6 is 0 Å². The molecule has 0 aliphatic rings. The van der Waals surface area contributed by atoms with Crippen molar-refractivity contribution < 1.29 is 26.3 Å². The SMILES string of the molecule is N#Cc1cccc(S(=O)(=O)CCOCCCC(F)(F)F)c1. The van der Waals surface area contributed by atoms with Crippen LogP contribution < -0.4 is 0 Å². The summed E-state index contributed by atoms with van der Waals surface area (Å²) in [6.45, 7) is -0.329. The maximum absolute atomic E-state index is 11.9. The molecule has 0 saturated heterocycles. The minimum atomic E-state index is -4.23. The standard InChI is InChI=1S/C13H14F3NO3S/c14-13(15,16)5-2-6-20-7-8-21(18,19)12-4-1-3-11(9-12)10-17/h1,3-4,9H,2,5-8H2. The van der Waals surface area contributed by atoms with Gasteiger partial charge in [0, 0.05) is 13.0 Å². The van der Waals surface area contributed by atoms with Gasteiger partial charge in [-0.25, -0.2) is 8.42 Å². The fourth-order valence-electron chi connectivity index (χ4n) is 1.52. The van der Waals surface area contributed by atoms with Crippen molar-refractivity contribution in [1.29, 1.82) is 5.26 Å². The zero-order chi connectivity index (χ0) is 15.9. The van der Waals surface area contributed by atoms with Crippen molar-refractivity contribution in [3.05, 3.63) is 29.8 Å². The van der Waals surface area contributed by atoms with Crippen molar-refractivity contribution >= 4 is 9.84 Å². The molecular weight excluding hydrogens is 307 g/mol. The van der Waals surface area contributed by atoms with E-state index in [-0.39, 0.29) is 35.8 Å². The summed E-state index contributed by atoms with van der Waals surface area (Å²) in [4.78, 5) is 0.000409. The van der Waals surface area contributed by atoms with Gasteiger partial charge in [0.2, 0.25) is 0 Å². The summed E-state index contributed by atoms with van der Waals surface area (Å²) in [5.41, 5.74) is 0.224. The molecule has 0 saturated carbocycles. The number of hydrogen-bond acceptors (Lipinski definition) is 4. The van der Waals surface area contributed by atoms with Gasteiger partial charge in [0.1, 0.15) is 0 Å². The second-order valence-corrected chi connectivity index (χ2v) is 6.40. The Labute approximate surface area is 121 Å². The van der Waals surface area contributed by atoms with Crippen molar-refractivity contribution in [1.82, 2.24) is 0 Å². The molecule has 0 bridgehead atoms. The van der Waals surface area contributed by atoms with Gasteiger partial charge in [-0.3, -0.25) is 0 Å². The molecular formula is C13H14F3NO3S. The first-order valence-corrected chi connectivity index (χ1v) is 7.77. The van der Waals surface area contributed by atoms with Gasteiger partial charge in [0.05, 0.1) is 28.9 Å². The molecule has 0 spiro atoms. The molecule has 0 aliphatic carbocycles. The van der Waals surface area contributed by atoms with Gasteiger partial charge in [-0.05, 0) is 24.6 Å². The third kappa shape index (κ3) is 6.60. The molecule has 8 heteroatoms. The Balaban J connectivity index is 2.42. The van der Waals surface area contributed by atoms with Gasteiger partial charge < -0.3 is 4.74 Å². The fraction of sp³-hybridized carbons (Fsp3) is 0.462. The van der Waals surface area contributed by atoms with Crippen molar-refractivity contribution in [3.63, 3.8) is 0 Å². The van der Waals surface area contributed by atoms with Crippen LogP contribution in [0.2, 0.25) is 0 Å². The van der Waals surface area contributed by atoms with Crippen molar-refractivity contribution in [3.8, 4) is 6.07 Å². The van der Waals surface area contributed by atoms with Gasteiger partial charge in [-0.1, -0.05) is 6.07 Å². The Bertz CT molecular complexity index is 606. The summed E-state index contributed by atoms with van der Waals surface area (Å²) in [6, 6.07) is 7.38. The maximum Gasteiger partial charge on any atom is 0.389 e. The Kier molecular flexibility index (Phi) is 6.18. The molecule has 1 aromatic rings. The molecule has 0 heterocycles. The van der Waals surface area contributed by atoms with Crippen LogP contribution in [0, 0.1) is 11.3 Å². The quantitative estimate of drug-likeness (QED) is 0.724. The summed E-state index contributed by atoms with van der Waals surface area (Å²) in [7, 11) is -3.61. The minimum Gasteiger partial charge on any atom is -0.380 e. The molecule has 1 rings (SSSR count). The number of sulfone groups is 1. The number of nitrogens with zero attached hydrogens (tertiary/aromatic N) is 1. The number of halogens is 3. The van der Waals surface area contributed by atoms with Crippen LogP contribution in [0.15, 0.2) is 29.2 Å². The third-order valence-corrected chi connectivity index (χ3v) is 4.24. The molecule has 0 atom stereocenters. The van der Waals surface area contributed by atoms with Crippen LogP contribution in [-0.2, 0) is 14.6 Å². The van der Waals surface area contributed by atoms with Gasteiger partial charge in [-0.2, -0.15) is 18.4 Å². The summed E-state index contributed by atoms with van der Waals surface area (Å²) >= 11 is 0. The zero-order valence-electron chi connectivity index (χ0n) is 11.1. The first-order valence-electron chi connectivity index (χ1n) is 6.12. The smallest absolute Gasteiger partial charge is 0.380 e. The van der Waals surface area contributed by atoms with E-state index in [0.717, 1.165) is 0 Å². The largest absolute Gasteiger partial charge is 0.389 e. The molecule has 1 aromatic carbocycles. The highest BCUT2D eigenvalue weighted by Gasteiger charge is 2.26. The van der Waals surface area contributed by atoms with Crippen molar-refractivity contribution in [2.75, 3.05) is 19.0 Å². The number of nitriles is 1. The Hall–Kier alpha value is -1.59. The Morgan fingerprint density at radius 3 is 2.57 bits per heavy atom.